The van der Waals surface area contributed by atoms with E-state index in [1.807, 2.05) is 6.92 Å². The summed E-state index contributed by atoms with van der Waals surface area (Å²) >= 11 is 0. The normalized spacial score (nSPS) is 11.2. The Morgan fingerprint density at radius 1 is 1.08 bits per heavy atom. The Morgan fingerprint density at radius 2 is 1.68 bits per heavy atom. The van der Waals surface area contributed by atoms with E-state index in [0.29, 0.717) is 0 Å². The van der Waals surface area contributed by atoms with Crippen LogP contribution in [0.25, 0.3) is 0 Å². The van der Waals surface area contributed by atoms with Gasteiger partial charge in [-0.25, -0.2) is 27.6 Å². The Labute approximate surface area is 216 Å². The minimum absolute atomic E-state index is 0.0256. The number of methoxy groups -OCH3 is 1. The lowest BCUT2D eigenvalue weighted by Crippen LogP contribution is -2.42. The van der Waals surface area contributed by atoms with Crippen molar-refractivity contribution < 1.29 is 42.0 Å². The first-order chi connectivity index (χ1) is 17.7. The van der Waals surface area contributed by atoms with Crippen LogP contribution < -0.4 is 10.2 Å². The highest BCUT2D eigenvalue weighted by Crippen LogP contribution is 2.30. The Kier molecular flexibility index (Phi) is 13.8. The number of ether oxygens (including phenoxy) is 3. The molecule has 0 saturated heterocycles. The molecule has 1 atom stereocenters. The minimum Gasteiger partial charge on any atom is -0.451 e. The summed E-state index contributed by atoms with van der Waals surface area (Å²) in [5, 5.41) is 8.85. The average molecular weight is 542 g/mol. The molecule has 0 aliphatic heterocycles. The Hall–Kier alpha value is -3.57. The molecule has 13 heteroatoms. The Morgan fingerprint density at radius 3 is 2.22 bits per heavy atom. The van der Waals surface area contributed by atoms with Crippen molar-refractivity contribution >= 4 is 23.0 Å². The fourth-order valence-electron chi connectivity index (χ4n) is 2.70. The van der Waals surface area contributed by atoms with Crippen LogP contribution in [-0.4, -0.2) is 77.6 Å². The van der Waals surface area contributed by atoms with E-state index < -0.39 is 46.9 Å². The molecule has 2 amide bonds. The summed E-state index contributed by atoms with van der Waals surface area (Å²) in [5.41, 5.74) is 2.34. The number of benzene rings is 2. The first kappa shape index (κ1) is 31.5. The number of hydrogen-bond acceptors (Lipinski definition) is 7. The number of terminal acetylenes is 1. The Balaban J connectivity index is 0.00000334. The highest BCUT2D eigenvalue weighted by atomic mass is 32.2. The number of carbonyl (C=O) groups is 2. The fraction of sp³-hybridized carbons (Fsp3) is 0.333. The van der Waals surface area contributed by atoms with Gasteiger partial charge in [0.05, 0.1) is 18.0 Å². The minimum atomic E-state index is -2.23. The van der Waals surface area contributed by atoms with Crippen molar-refractivity contribution in [2.75, 3.05) is 47.0 Å². The van der Waals surface area contributed by atoms with E-state index in [0.717, 1.165) is 26.9 Å². The van der Waals surface area contributed by atoms with Crippen molar-refractivity contribution in [1.29, 1.82) is 0 Å². The monoisotopic (exact) mass is 541 g/mol. The van der Waals surface area contributed by atoms with Gasteiger partial charge in [0.25, 0.3) is 5.91 Å². The largest absolute Gasteiger partial charge is 0.451 e. The third-order valence-electron chi connectivity index (χ3n) is 4.60. The standard InChI is InChI=1S/C22H27F2N3O7S.C2H2/c1-15-4-6-16(7-5-15)34-21-18(23)12-17(13-19(21)24)35(31)27(14-20(28)25-30)9-8-26(2)22(29)33-11-10-32-3;1-2/h4-7,12-13,30H,8-11,14H2,1-3H3,(H,25,28);1-2H. The van der Waals surface area contributed by atoms with Crippen LogP contribution in [0.1, 0.15) is 5.56 Å². The van der Waals surface area contributed by atoms with Crippen LogP contribution in [0.3, 0.4) is 0 Å². The molecule has 1 unspecified atom stereocenters. The lowest BCUT2D eigenvalue weighted by molar-refractivity contribution is -0.129. The van der Waals surface area contributed by atoms with Crippen LogP contribution in [0.15, 0.2) is 41.3 Å². The maximum Gasteiger partial charge on any atom is 0.409 e. The number of amides is 2. The number of hydroxylamine groups is 1. The van der Waals surface area contributed by atoms with Crippen molar-refractivity contribution in [1.82, 2.24) is 14.7 Å². The molecule has 0 saturated carbocycles. The second-order valence-corrected chi connectivity index (χ2v) is 8.79. The number of carbonyl (C=O) groups excluding carboxylic acids is 2. The smallest absolute Gasteiger partial charge is 0.409 e. The second-order valence-electron chi connectivity index (χ2n) is 7.31. The molecular weight excluding hydrogens is 512 g/mol. The Bertz CT molecular complexity index is 1060. The lowest BCUT2D eigenvalue weighted by Gasteiger charge is -2.24. The predicted octanol–water partition coefficient (Wildman–Crippen LogP) is 2.86. The maximum absolute atomic E-state index is 14.7. The zero-order valence-corrected chi connectivity index (χ0v) is 21.4. The molecular formula is C24H29F2N3O7S. The molecule has 0 fully saturated rings. The fourth-order valence-corrected chi connectivity index (χ4v) is 3.89. The molecule has 0 bridgehead atoms. The molecule has 0 aliphatic carbocycles. The zero-order chi connectivity index (χ0) is 28.0. The van der Waals surface area contributed by atoms with E-state index in [4.69, 9.17) is 19.4 Å². The van der Waals surface area contributed by atoms with Gasteiger partial charge in [0.2, 0.25) is 0 Å². The zero-order valence-electron chi connectivity index (χ0n) is 20.6. The first-order valence-electron chi connectivity index (χ1n) is 10.7. The van der Waals surface area contributed by atoms with Gasteiger partial charge in [0, 0.05) is 27.2 Å². The summed E-state index contributed by atoms with van der Waals surface area (Å²) < 4.78 is 58.5. The van der Waals surface area contributed by atoms with Crippen molar-refractivity contribution in [3.63, 3.8) is 0 Å². The van der Waals surface area contributed by atoms with Crippen molar-refractivity contribution in [2.24, 2.45) is 0 Å². The molecule has 202 valence electrons. The molecule has 2 aromatic rings. The summed E-state index contributed by atoms with van der Waals surface area (Å²) in [6.07, 6.45) is 7.31. The summed E-state index contributed by atoms with van der Waals surface area (Å²) in [7, 11) is 0.633. The van der Waals surface area contributed by atoms with Crippen LogP contribution in [0.2, 0.25) is 0 Å². The van der Waals surface area contributed by atoms with E-state index in [1.165, 1.54) is 19.6 Å². The van der Waals surface area contributed by atoms with E-state index >= 15 is 0 Å². The van der Waals surface area contributed by atoms with Crippen LogP contribution in [0.4, 0.5) is 13.6 Å². The summed E-state index contributed by atoms with van der Waals surface area (Å²) in [4.78, 5) is 24.5. The van der Waals surface area contributed by atoms with E-state index in [2.05, 4.69) is 12.8 Å². The average Bonchev–Trinajstić information content (AvgIpc) is 2.89. The van der Waals surface area contributed by atoms with Gasteiger partial charge in [0.15, 0.2) is 17.4 Å². The summed E-state index contributed by atoms with van der Waals surface area (Å²) in [5.74, 6) is -3.57. The third-order valence-corrected chi connectivity index (χ3v) is 6.02. The molecule has 10 nitrogen and oxygen atoms in total. The summed E-state index contributed by atoms with van der Waals surface area (Å²) in [6.45, 7) is 1.29. The van der Waals surface area contributed by atoms with Crippen LogP contribution in [-0.2, 0) is 25.3 Å². The molecule has 2 N–H and O–H groups in total. The molecule has 2 rings (SSSR count). The van der Waals surface area contributed by atoms with Gasteiger partial charge in [-0.3, -0.25) is 10.0 Å². The van der Waals surface area contributed by atoms with Gasteiger partial charge >= 0.3 is 6.09 Å². The molecule has 0 aromatic heterocycles. The quantitative estimate of drug-likeness (QED) is 0.184. The molecule has 0 heterocycles. The van der Waals surface area contributed by atoms with Crippen molar-refractivity contribution in [3.05, 3.63) is 53.6 Å². The molecule has 2 aromatic carbocycles. The highest BCUT2D eigenvalue weighted by Gasteiger charge is 2.24. The molecule has 37 heavy (non-hydrogen) atoms. The topological polar surface area (TPSA) is 118 Å². The number of halogens is 2. The van der Waals surface area contributed by atoms with E-state index in [9.17, 15) is 22.6 Å². The van der Waals surface area contributed by atoms with Gasteiger partial charge in [-0.05, 0) is 31.2 Å². The SMILES string of the molecule is C#C.COCCOC(=O)N(C)CCN(CC(=O)NO)S(=O)c1cc(F)c(Oc2ccc(C)cc2)c(F)c1. The first-order valence-corrected chi connectivity index (χ1v) is 11.8. The second kappa shape index (κ2) is 16.2. The molecule has 0 aliphatic rings. The predicted molar refractivity (Wildman–Crippen MR) is 131 cm³/mol. The number of rotatable bonds is 12. The molecule has 0 radical (unpaired) electrons. The summed E-state index contributed by atoms with van der Waals surface area (Å²) in [6, 6.07) is 8.18. The van der Waals surface area contributed by atoms with Gasteiger partial charge < -0.3 is 19.1 Å². The van der Waals surface area contributed by atoms with E-state index in [1.54, 1.807) is 24.3 Å². The number of hydrogen-bond donors (Lipinski definition) is 2. The van der Waals surface area contributed by atoms with Gasteiger partial charge in [0.1, 0.15) is 23.3 Å². The van der Waals surface area contributed by atoms with Crippen LogP contribution >= 0.6 is 0 Å². The van der Waals surface area contributed by atoms with Gasteiger partial charge in [-0.2, -0.15) is 0 Å². The van der Waals surface area contributed by atoms with Crippen LogP contribution in [0, 0.1) is 31.4 Å². The third kappa shape index (κ3) is 10.1. The number of aryl methyl sites for hydroxylation is 1. The van der Waals surface area contributed by atoms with E-state index in [-0.39, 0.29) is 36.9 Å². The van der Waals surface area contributed by atoms with Gasteiger partial charge in [-0.15, -0.1) is 12.8 Å². The lowest BCUT2D eigenvalue weighted by atomic mass is 10.2. The number of likely N-dealkylation sites (N-methyl/N-ethyl adjacent to an activating group) is 1. The van der Waals surface area contributed by atoms with Crippen LogP contribution in [0.5, 0.6) is 11.5 Å². The number of nitrogens with one attached hydrogen (secondary N) is 1. The number of nitrogens with zero attached hydrogens (tertiary/aromatic N) is 2. The van der Waals surface area contributed by atoms with Gasteiger partial charge in [-0.1, -0.05) is 17.7 Å². The van der Waals surface area contributed by atoms with Crippen molar-refractivity contribution in [2.45, 2.75) is 11.8 Å². The van der Waals surface area contributed by atoms with Crippen molar-refractivity contribution in [3.8, 4) is 24.3 Å². The highest BCUT2D eigenvalue weighted by molar-refractivity contribution is 7.82. The maximum atomic E-state index is 14.7. The molecule has 0 spiro atoms.